The Bertz CT molecular complexity index is 3370. The van der Waals surface area contributed by atoms with Crippen molar-refractivity contribution in [2.45, 2.75) is 115 Å². The Balaban J connectivity index is 0.000000421. The van der Waals surface area contributed by atoms with Gasteiger partial charge < -0.3 is 64.6 Å². The Morgan fingerprint density at radius 2 is 1.20 bits per heavy atom. The van der Waals surface area contributed by atoms with Crippen LogP contribution in [0.4, 0.5) is 5.95 Å². The third kappa shape index (κ3) is 37.3. The lowest BCUT2D eigenvalue weighted by molar-refractivity contribution is -0.142. The molecule has 0 spiro atoms. The molecule has 0 bridgehead atoms. The summed E-state index contributed by atoms with van der Waals surface area (Å²) in [7, 11) is 5.08. The summed E-state index contributed by atoms with van der Waals surface area (Å²) in [6, 6.07) is 35.4. The summed E-state index contributed by atoms with van der Waals surface area (Å²) in [5, 5.41) is 28.9. The van der Waals surface area contributed by atoms with Crippen molar-refractivity contribution < 1.29 is 62.9 Å². The summed E-state index contributed by atoms with van der Waals surface area (Å²) >= 11 is 0. The fraction of sp³-hybridized carbons (Fsp3) is 0.550. The highest BCUT2D eigenvalue weighted by Crippen LogP contribution is 2.21. The summed E-state index contributed by atoms with van der Waals surface area (Å²) in [6.45, 7) is 32.5. The molecule has 6 N–H and O–H groups in total. The number of carbonyl (C=O) groups is 4. The number of ether oxygens (including phenoxy) is 6. The number of amides is 1. The summed E-state index contributed by atoms with van der Waals surface area (Å²) in [5.41, 5.74) is 13.0. The third-order valence-electron chi connectivity index (χ3n) is 17.1. The van der Waals surface area contributed by atoms with Crippen molar-refractivity contribution in [3.05, 3.63) is 165 Å². The molecule has 4 aliphatic rings. The second kappa shape index (κ2) is 52.3. The minimum atomic E-state index is -0.850. The molecule has 4 fully saturated rings. The number of aliphatic hydroxyl groups is 1. The first-order valence-electron chi connectivity index (χ1n) is 35.7. The number of anilines is 1. The van der Waals surface area contributed by atoms with Gasteiger partial charge in [0.05, 0.1) is 83.7 Å². The van der Waals surface area contributed by atoms with Crippen molar-refractivity contribution >= 4 is 42.0 Å². The van der Waals surface area contributed by atoms with Gasteiger partial charge in [-0.2, -0.15) is 0 Å². The van der Waals surface area contributed by atoms with Crippen LogP contribution >= 0.6 is 12.4 Å². The van der Waals surface area contributed by atoms with E-state index in [9.17, 15) is 24.0 Å². The number of hydrogen-bond acceptors (Lipinski definition) is 19. The van der Waals surface area contributed by atoms with Crippen LogP contribution in [0.3, 0.4) is 0 Å². The molecule has 6 aromatic rings. The minimum Gasteiger partial charge on any atom is -0.497 e. The maximum Gasteiger partial charge on any atom is 0.307 e. The topological polar surface area (TPSA) is 293 Å². The van der Waals surface area contributed by atoms with Crippen molar-refractivity contribution in [2.75, 3.05) is 131 Å². The van der Waals surface area contributed by atoms with Gasteiger partial charge in [-0.15, -0.1) is 12.4 Å². The zero-order chi connectivity index (χ0) is 74.8. The number of carbonyl (C=O) groups excluding carboxylic acids is 2. The molecule has 24 heteroatoms. The molecule has 1 amide bonds. The smallest absolute Gasteiger partial charge is 0.307 e. The Morgan fingerprint density at radius 3 is 1.76 bits per heavy atom. The lowest BCUT2D eigenvalue weighted by Gasteiger charge is -2.25. The van der Waals surface area contributed by atoms with Crippen LogP contribution in [0.1, 0.15) is 120 Å². The molecule has 4 aliphatic heterocycles. The van der Waals surface area contributed by atoms with E-state index in [0.717, 1.165) is 121 Å². The van der Waals surface area contributed by atoms with Gasteiger partial charge in [0.2, 0.25) is 11.9 Å². The number of Topliss-reactive ketones (excluding diaryl/α,β-unsaturated/α-hetero) is 1. The number of carboxylic acid groups (broad SMARTS) is 2. The number of rotatable bonds is 20. The number of nitrogens with one attached hydrogen (secondary N) is 1. The molecule has 2 aromatic heterocycles. The van der Waals surface area contributed by atoms with E-state index in [1.807, 2.05) is 60.4 Å². The second-order valence-corrected chi connectivity index (χ2v) is 27.2. The predicted octanol–water partition coefficient (Wildman–Crippen LogP) is 11.2. The van der Waals surface area contributed by atoms with Gasteiger partial charge in [-0.05, 0) is 123 Å². The molecule has 4 aromatic carbocycles. The maximum atomic E-state index is 12.3. The summed E-state index contributed by atoms with van der Waals surface area (Å²) < 4.78 is 33.5. The lowest BCUT2D eigenvalue weighted by Crippen LogP contribution is -2.35. The molecule has 0 radical (unpaired) electrons. The molecular formula is C80H122ClN9O14. The van der Waals surface area contributed by atoms with Crippen molar-refractivity contribution in [2.24, 2.45) is 54.2 Å². The number of aromatic nitrogens is 4. The second-order valence-electron chi connectivity index (χ2n) is 27.2. The number of aryl methyl sites for hydroxylation is 3. The van der Waals surface area contributed by atoms with Crippen molar-refractivity contribution in [3.63, 3.8) is 0 Å². The fourth-order valence-corrected chi connectivity index (χ4v) is 10.6. The summed E-state index contributed by atoms with van der Waals surface area (Å²) in [4.78, 5) is 75.4. The molecule has 0 saturated carbocycles. The van der Waals surface area contributed by atoms with E-state index < -0.39 is 23.8 Å². The number of aliphatic carboxylic acids is 2. The van der Waals surface area contributed by atoms with Gasteiger partial charge in [-0.25, -0.2) is 15.0 Å². The maximum absolute atomic E-state index is 12.3. The lowest BCUT2D eigenvalue weighted by atomic mass is 10.00. The van der Waals surface area contributed by atoms with Gasteiger partial charge in [0.25, 0.3) is 5.56 Å². The molecule has 6 heterocycles. The van der Waals surface area contributed by atoms with Crippen LogP contribution in [0.5, 0.6) is 11.5 Å². The zero-order valence-electron chi connectivity index (χ0n) is 63.0. The van der Waals surface area contributed by atoms with E-state index in [1.165, 1.54) is 35.5 Å². The van der Waals surface area contributed by atoms with Gasteiger partial charge in [-0.1, -0.05) is 140 Å². The number of halogens is 1. The molecular weight excluding hydrogens is 1350 g/mol. The SMILES string of the molecule is C.CC(CN)C(=O)O.CC1CNCCOC1.CC1COCCN(c2nc(-c3ccncn3)cc(=O)n2C)C1.COc1ccc(CN2CC(C)COCC2=O)cc1.COc1ccc(CN2CCOCC(C)C2)cc1.Cc1ccc(C(=O)CCC(C)C(=O)O)cc1.Cc1ccc(CCCC(C)CO)cc1.Cl. The van der Waals surface area contributed by atoms with E-state index in [4.69, 9.17) is 49.5 Å². The van der Waals surface area contributed by atoms with Crippen LogP contribution in [0.25, 0.3) is 11.4 Å². The van der Waals surface area contributed by atoms with Gasteiger partial charge in [0.15, 0.2) is 5.78 Å². The van der Waals surface area contributed by atoms with Gasteiger partial charge in [-0.3, -0.25) is 33.4 Å². The molecule has 104 heavy (non-hydrogen) atoms. The van der Waals surface area contributed by atoms with Crippen LogP contribution in [-0.4, -0.2) is 194 Å². The number of ketones is 1. The molecule has 7 unspecified atom stereocenters. The fourth-order valence-electron chi connectivity index (χ4n) is 10.6. The molecule has 4 saturated heterocycles. The van der Waals surface area contributed by atoms with Crippen molar-refractivity contribution in [3.8, 4) is 22.9 Å². The van der Waals surface area contributed by atoms with Gasteiger partial charge >= 0.3 is 11.9 Å². The highest BCUT2D eigenvalue weighted by atomic mass is 35.5. The Hall–Kier alpha value is -7.71. The number of nitrogens with two attached hydrogens (primary N) is 1. The van der Waals surface area contributed by atoms with Crippen LogP contribution in [0.15, 0.2) is 127 Å². The highest BCUT2D eigenvalue weighted by molar-refractivity contribution is 5.96. The van der Waals surface area contributed by atoms with Gasteiger partial charge in [0.1, 0.15) is 24.4 Å². The summed E-state index contributed by atoms with van der Waals surface area (Å²) in [5.74, 6) is 2.46. The highest BCUT2D eigenvalue weighted by Gasteiger charge is 2.23. The first kappa shape index (κ1) is 92.4. The Kier molecular flexibility index (Phi) is 46.4. The van der Waals surface area contributed by atoms with E-state index in [0.29, 0.717) is 85.3 Å². The average Bonchev–Trinajstić information content (AvgIpc) is 1.04. The number of aliphatic hydroxyl groups excluding tert-OH is 1. The Labute approximate surface area is 625 Å². The number of hydrogen-bond donors (Lipinski definition) is 5. The third-order valence-corrected chi connectivity index (χ3v) is 17.1. The van der Waals surface area contributed by atoms with Crippen LogP contribution in [0, 0.1) is 55.3 Å². The number of methoxy groups -OCH3 is 2. The van der Waals surface area contributed by atoms with Crippen LogP contribution in [0.2, 0.25) is 0 Å². The zero-order valence-corrected chi connectivity index (χ0v) is 63.8. The average molecular weight is 1470 g/mol. The molecule has 578 valence electrons. The number of nitrogens with zero attached hydrogens (tertiary/aromatic N) is 7. The quantitative estimate of drug-likeness (QED) is 0.0444. The number of benzene rings is 4. The normalized spacial score (nSPS) is 18.2. The molecule has 7 atom stereocenters. The summed E-state index contributed by atoms with van der Waals surface area (Å²) in [6.07, 6.45) is 7.19. The van der Waals surface area contributed by atoms with Crippen molar-refractivity contribution in [1.29, 1.82) is 0 Å². The first-order valence-corrected chi connectivity index (χ1v) is 35.7. The van der Waals surface area contributed by atoms with Crippen molar-refractivity contribution in [1.82, 2.24) is 34.6 Å². The standard InChI is InChI=1S/C15H19N5O2.C14H19NO3.C14H21NO2.C13H16O3.C13H20O.C6H13NO.C4H9NO2.CH4.ClH/c1-11-8-20(5-6-22-9-11)15-18-13(7-14(21)19(15)2)12-3-4-16-10-17-12;1-11-7-15(14(16)10-18-9-11)8-12-3-5-13(17-2)6-4-12;1-12-9-15(7-8-17-11-12)10-13-3-5-14(16-2)6-4-13;1-9-3-6-11(7-4-9)12(14)8-5-10(2)13(15)16;1-11-6-8-13(9-7-11)5-3-4-12(2)10-14;1-6-4-7-2-3-8-5-6;1-3(2-5)4(6)7;;/h3-4,7,10-11H,5-6,8-9H2,1-2H3;3-6,11H,7-10H2,1-2H3;3-6,12H,7-11H2,1-2H3;3-4,6-7,10H,5,8H2,1-2H3,(H,15,16);6-9,12,14H,3-5,10H2,1-2H3;6-7H,2-5H2,1H3;3H,2,5H2,1H3,(H,6,7);1H4;1H. The largest absolute Gasteiger partial charge is 0.497 e. The monoisotopic (exact) mass is 1470 g/mol. The van der Waals surface area contributed by atoms with Gasteiger partial charge in [0, 0.05) is 96.8 Å². The van der Waals surface area contributed by atoms with E-state index in [2.05, 4.69) is 108 Å². The van der Waals surface area contributed by atoms with E-state index >= 15 is 0 Å². The van der Waals surface area contributed by atoms with E-state index in [1.54, 1.807) is 64.1 Å². The minimum absolute atomic E-state index is 0. The number of carboxylic acids is 2. The van der Waals surface area contributed by atoms with E-state index in [-0.39, 0.29) is 56.7 Å². The molecule has 0 aliphatic carbocycles. The Morgan fingerprint density at radius 1 is 0.663 bits per heavy atom. The van der Waals surface area contributed by atoms with Crippen LogP contribution < -0.4 is 31.0 Å². The van der Waals surface area contributed by atoms with Crippen LogP contribution in [-0.2, 0) is 59.9 Å². The first-order chi connectivity index (χ1) is 48.9. The molecule has 10 rings (SSSR count). The predicted molar refractivity (Wildman–Crippen MR) is 414 cm³/mol. The molecule has 23 nitrogen and oxygen atoms in total.